The molecule has 25 heavy (non-hydrogen) atoms. The van der Waals surface area contributed by atoms with Gasteiger partial charge >= 0.3 is 0 Å². The summed E-state index contributed by atoms with van der Waals surface area (Å²) in [5, 5.41) is 2.88. The van der Waals surface area contributed by atoms with E-state index in [-0.39, 0.29) is 12.5 Å². The molecule has 0 unspecified atom stereocenters. The van der Waals surface area contributed by atoms with E-state index < -0.39 is 0 Å². The van der Waals surface area contributed by atoms with E-state index in [0.717, 1.165) is 21.3 Å². The maximum absolute atomic E-state index is 12.1. The molecule has 1 amide bonds. The van der Waals surface area contributed by atoms with Crippen molar-refractivity contribution in [1.82, 2.24) is 0 Å². The number of rotatable bonds is 5. The standard InChI is InChI=1S/C21H17BrN2O/c22-19-8-10-20(11-9-19)23-21(25)16-24-14-12-18(13-15-24)7-6-17-4-2-1-3-5-17/h1-15H,16H2/p+1/b7-6+. The summed E-state index contributed by atoms with van der Waals surface area (Å²) in [6.45, 7) is 0.277. The molecule has 0 aliphatic rings. The Kier molecular flexibility index (Phi) is 5.75. The Morgan fingerprint density at radius 1 is 0.880 bits per heavy atom. The molecule has 0 aliphatic heterocycles. The number of nitrogens with one attached hydrogen (secondary N) is 1. The molecule has 1 aromatic heterocycles. The van der Waals surface area contributed by atoms with Gasteiger partial charge in [0.2, 0.25) is 6.54 Å². The highest BCUT2D eigenvalue weighted by Gasteiger charge is 2.09. The number of amides is 1. The molecule has 2 aromatic carbocycles. The monoisotopic (exact) mass is 393 g/mol. The summed E-state index contributed by atoms with van der Waals surface area (Å²) in [7, 11) is 0. The first-order valence-electron chi connectivity index (χ1n) is 7.97. The highest BCUT2D eigenvalue weighted by molar-refractivity contribution is 9.10. The maximum atomic E-state index is 12.1. The number of halogens is 1. The van der Waals surface area contributed by atoms with Crippen molar-refractivity contribution < 1.29 is 9.36 Å². The van der Waals surface area contributed by atoms with E-state index >= 15 is 0 Å². The summed E-state index contributed by atoms with van der Waals surface area (Å²) in [5.74, 6) is -0.0556. The van der Waals surface area contributed by atoms with E-state index in [2.05, 4.69) is 45.5 Å². The van der Waals surface area contributed by atoms with Gasteiger partial charge in [0.15, 0.2) is 12.4 Å². The number of hydrogen-bond donors (Lipinski definition) is 1. The third-order valence-electron chi connectivity index (χ3n) is 3.64. The molecule has 0 fully saturated rings. The van der Waals surface area contributed by atoms with Crippen molar-refractivity contribution in [3.8, 4) is 0 Å². The Labute approximate surface area is 155 Å². The van der Waals surface area contributed by atoms with Gasteiger partial charge in [0.25, 0.3) is 5.91 Å². The van der Waals surface area contributed by atoms with Gasteiger partial charge in [0.1, 0.15) is 0 Å². The van der Waals surface area contributed by atoms with Gasteiger partial charge in [-0.1, -0.05) is 58.4 Å². The minimum absolute atomic E-state index is 0.0556. The zero-order valence-electron chi connectivity index (χ0n) is 13.6. The van der Waals surface area contributed by atoms with Crippen LogP contribution in [0.5, 0.6) is 0 Å². The number of pyridine rings is 1. The Bertz CT molecular complexity index is 857. The predicted molar refractivity (Wildman–Crippen MR) is 105 cm³/mol. The molecule has 3 nitrogen and oxygen atoms in total. The minimum atomic E-state index is -0.0556. The Morgan fingerprint density at radius 3 is 2.12 bits per heavy atom. The molecule has 1 heterocycles. The van der Waals surface area contributed by atoms with Gasteiger partial charge in [-0.25, -0.2) is 0 Å². The summed E-state index contributed by atoms with van der Waals surface area (Å²) in [4.78, 5) is 12.1. The van der Waals surface area contributed by atoms with Crippen LogP contribution in [-0.4, -0.2) is 5.91 Å². The van der Waals surface area contributed by atoms with Gasteiger partial charge in [-0.15, -0.1) is 0 Å². The van der Waals surface area contributed by atoms with Crippen LogP contribution in [-0.2, 0) is 11.3 Å². The van der Waals surface area contributed by atoms with Gasteiger partial charge in [-0.05, 0) is 35.4 Å². The van der Waals surface area contributed by atoms with E-state index in [1.165, 1.54) is 0 Å². The first kappa shape index (κ1) is 17.1. The smallest absolute Gasteiger partial charge is 0.290 e. The van der Waals surface area contributed by atoms with Crippen LogP contribution in [0, 0.1) is 0 Å². The first-order chi connectivity index (χ1) is 12.2. The van der Waals surface area contributed by atoms with Crippen molar-refractivity contribution >= 4 is 39.7 Å². The van der Waals surface area contributed by atoms with Crippen LogP contribution in [0.1, 0.15) is 11.1 Å². The fourth-order valence-electron chi connectivity index (χ4n) is 2.34. The molecule has 4 heteroatoms. The second kappa shape index (κ2) is 8.40. The highest BCUT2D eigenvalue weighted by atomic mass is 79.9. The van der Waals surface area contributed by atoms with Crippen LogP contribution in [0.25, 0.3) is 12.2 Å². The molecular formula is C21H18BrN2O+. The molecule has 0 saturated heterocycles. The van der Waals surface area contributed by atoms with Gasteiger partial charge in [0.05, 0.1) is 0 Å². The van der Waals surface area contributed by atoms with Crippen molar-refractivity contribution in [2.45, 2.75) is 6.54 Å². The summed E-state index contributed by atoms with van der Waals surface area (Å²) >= 11 is 3.38. The average molecular weight is 394 g/mol. The number of carbonyl (C=O) groups is 1. The molecule has 0 radical (unpaired) electrons. The van der Waals surface area contributed by atoms with Gasteiger partial charge in [-0.3, -0.25) is 4.79 Å². The van der Waals surface area contributed by atoms with E-state index in [9.17, 15) is 4.79 Å². The lowest BCUT2D eigenvalue weighted by Crippen LogP contribution is -2.39. The number of benzene rings is 2. The number of anilines is 1. The first-order valence-corrected chi connectivity index (χ1v) is 8.76. The minimum Gasteiger partial charge on any atom is -0.321 e. The van der Waals surface area contributed by atoms with Crippen LogP contribution in [0.15, 0.2) is 83.6 Å². The molecule has 0 saturated carbocycles. The Hall–Kier alpha value is -2.72. The Morgan fingerprint density at radius 2 is 1.48 bits per heavy atom. The van der Waals surface area contributed by atoms with Crippen molar-refractivity contribution in [3.05, 3.63) is 94.7 Å². The summed E-state index contributed by atoms with van der Waals surface area (Å²) in [6, 6.07) is 21.7. The quantitative estimate of drug-likeness (QED) is 0.633. The van der Waals surface area contributed by atoms with Crippen LogP contribution in [0.2, 0.25) is 0 Å². The van der Waals surface area contributed by atoms with Crippen molar-refractivity contribution in [2.24, 2.45) is 0 Å². The predicted octanol–water partition coefficient (Wildman–Crippen LogP) is 4.55. The molecule has 1 N–H and O–H groups in total. The average Bonchev–Trinajstić information content (AvgIpc) is 2.64. The number of carbonyl (C=O) groups excluding carboxylic acids is 1. The SMILES string of the molecule is O=C(C[n+]1ccc(/C=C/c2ccccc2)cc1)Nc1ccc(Br)cc1. The zero-order chi connectivity index (χ0) is 17.5. The van der Waals surface area contributed by atoms with Gasteiger partial charge < -0.3 is 5.32 Å². The summed E-state index contributed by atoms with van der Waals surface area (Å²) in [6.07, 6.45) is 7.94. The van der Waals surface area contributed by atoms with Gasteiger partial charge in [0, 0.05) is 22.3 Å². The molecule has 0 aliphatic carbocycles. The molecule has 3 rings (SSSR count). The molecule has 3 aromatic rings. The number of nitrogens with zero attached hydrogens (tertiary/aromatic N) is 1. The van der Waals surface area contributed by atoms with E-state index in [1.54, 1.807) is 0 Å². The van der Waals surface area contributed by atoms with Crippen LogP contribution < -0.4 is 9.88 Å². The lowest BCUT2D eigenvalue weighted by atomic mass is 10.1. The van der Waals surface area contributed by atoms with E-state index in [4.69, 9.17) is 0 Å². The number of aromatic nitrogens is 1. The second-order valence-corrected chi connectivity index (χ2v) is 6.52. The third kappa shape index (κ3) is 5.40. The van der Waals surface area contributed by atoms with E-state index in [0.29, 0.717) is 0 Å². The fourth-order valence-corrected chi connectivity index (χ4v) is 2.61. The van der Waals surface area contributed by atoms with Crippen LogP contribution in [0.4, 0.5) is 5.69 Å². The second-order valence-electron chi connectivity index (χ2n) is 5.60. The lowest BCUT2D eigenvalue weighted by Gasteiger charge is -2.03. The molecule has 124 valence electrons. The zero-order valence-corrected chi connectivity index (χ0v) is 15.2. The summed E-state index contributed by atoms with van der Waals surface area (Å²) < 4.78 is 2.84. The lowest BCUT2D eigenvalue weighted by molar-refractivity contribution is -0.684. The molecular weight excluding hydrogens is 376 g/mol. The summed E-state index contributed by atoms with van der Waals surface area (Å²) in [5.41, 5.74) is 3.04. The molecule has 0 bridgehead atoms. The largest absolute Gasteiger partial charge is 0.321 e. The van der Waals surface area contributed by atoms with Gasteiger partial charge in [-0.2, -0.15) is 4.57 Å². The van der Waals surface area contributed by atoms with E-state index in [1.807, 2.05) is 71.6 Å². The maximum Gasteiger partial charge on any atom is 0.290 e. The van der Waals surface area contributed by atoms with Crippen molar-refractivity contribution in [2.75, 3.05) is 5.32 Å². The fraction of sp³-hybridized carbons (Fsp3) is 0.0476. The van der Waals surface area contributed by atoms with Crippen LogP contribution in [0.3, 0.4) is 0 Å². The topological polar surface area (TPSA) is 33.0 Å². The normalized spacial score (nSPS) is 10.8. The van der Waals surface area contributed by atoms with Crippen molar-refractivity contribution in [3.63, 3.8) is 0 Å². The Balaban J connectivity index is 1.57. The third-order valence-corrected chi connectivity index (χ3v) is 4.17. The van der Waals surface area contributed by atoms with Crippen molar-refractivity contribution in [1.29, 1.82) is 0 Å². The highest BCUT2D eigenvalue weighted by Crippen LogP contribution is 2.13. The molecule has 0 atom stereocenters. The number of hydrogen-bond acceptors (Lipinski definition) is 1. The van der Waals surface area contributed by atoms with Crippen LogP contribution >= 0.6 is 15.9 Å². The molecule has 0 spiro atoms.